The Morgan fingerprint density at radius 2 is 1.56 bits per heavy atom. The Morgan fingerprint density at radius 1 is 0.872 bits per heavy atom. The number of esters is 1. The van der Waals surface area contributed by atoms with Crippen LogP contribution in [0.3, 0.4) is 0 Å². The molecule has 1 aliphatic carbocycles. The van der Waals surface area contributed by atoms with Gasteiger partial charge in [0.15, 0.2) is 17.3 Å². The van der Waals surface area contributed by atoms with E-state index >= 15 is 0 Å². The Kier molecular flexibility index (Phi) is 7.82. The maximum Gasteiger partial charge on any atom is 0.336 e. The SMILES string of the molecule is COc1ccc([C@H]2C(C(=O)OCCc3ccccc3)=C(C)NC3=C2C(=O)C[C@@H](c2ccccc2)C3)cc1OC. The van der Waals surface area contributed by atoms with Crippen molar-refractivity contribution in [2.24, 2.45) is 0 Å². The molecule has 0 saturated heterocycles. The minimum absolute atomic E-state index is 0.0273. The predicted molar refractivity (Wildman–Crippen MR) is 150 cm³/mol. The van der Waals surface area contributed by atoms with Crippen molar-refractivity contribution in [1.29, 1.82) is 0 Å². The van der Waals surface area contributed by atoms with Gasteiger partial charge in [0.05, 0.1) is 26.4 Å². The molecule has 0 amide bonds. The fourth-order valence-corrected chi connectivity index (χ4v) is 5.62. The van der Waals surface area contributed by atoms with E-state index in [1.165, 1.54) is 0 Å². The van der Waals surface area contributed by atoms with Crippen LogP contribution >= 0.6 is 0 Å². The van der Waals surface area contributed by atoms with Crippen LogP contribution < -0.4 is 14.8 Å². The van der Waals surface area contributed by atoms with Gasteiger partial charge in [0.2, 0.25) is 0 Å². The zero-order chi connectivity index (χ0) is 27.4. The molecule has 0 aromatic heterocycles. The second-order valence-electron chi connectivity index (χ2n) is 9.91. The van der Waals surface area contributed by atoms with Gasteiger partial charge in [-0.15, -0.1) is 0 Å². The summed E-state index contributed by atoms with van der Waals surface area (Å²) >= 11 is 0. The Hall–Kier alpha value is -4.32. The van der Waals surface area contributed by atoms with Crippen LogP contribution in [-0.4, -0.2) is 32.6 Å². The van der Waals surface area contributed by atoms with Crippen LogP contribution in [0.5, 0.6) is 11.5 Å². The molecule has 39 heavy (non-hydrogen) atoms. The van der Waals surface area contributed by atoms with E-state index in [1.807, 2.05) is 73.7 Å². The molecule has 2 aliphatic rings. The van der Waals surface area contributed by atoms with Crippen molar-refractivity contribution >= 4 is 11.8 Å². The minimum Gasteiger partial charge on any atom is -0.493 e. The molecule has 3 aromatic rings. The highest BCUT2D eigenvalue weighted by atomic mass is 16.5. The molecular weight excluding hydrogens is 490 g/mol. The van der Waals surface area contributed by atoms with Crippen LogP contribution in [0.2, 0.25) is 0 Å². The summed E-state index contributed by atoms with van der Waals surface area (Å²) in [5, 5.41) is 3.42. The van der Waals surface area contributed by atoms with Crippen molar-refractivity contribution < 1.29 is 23.8 Å². The first-order valence-electron chi connectivity index (χ1n) is 13.2. The quantitative estimate of drug-likeness (QED) is 0.374. The number of rotatable bonds is 8. The van der Waals surface area contributed by atoms with Crippen molar-refractivity contribution in [3.63, 3.8) is 0 Å². The van der Waals surface area contributed by atoms with Crippen molar-refractivity contribution in [3.8, 4) is 11.5 Å². The Bertz CT molecular complexity index is 1420. The van der Waals surface area contributed by atoms with E-state index in [-0.39, 0.29) is 18.3 Å². The lowest BCUT2D eigenvalue weighted by atomic mass is 9.71. The van der Waals surface area contributed by atoms with E-state index in [1.54, 1.807) is 14.2 Å². The molecule has 1 heterocycles. The summed E-state index contributed by atoms with van der Waals surface area (Å²) in [5.74, 6) is 0.212. The summed E-state index contributed by atoms with van der Waals surface area (Å²) in [6.45, 7) is 2.12. The molecule has 200 valence electrons. The van der Waals surface area contributed by atoms with Gasteiger partial charge in [-0.3, -0.25) is 4.79 Å². The van der Waals surface area contributed by atoms with Gasteiger partial charge >= 0.3 is 5.97 Å². The first-order valence-corrected chi connectivity index (χ1v) is 13.2. The van der Waals surface area contributed by atoms with Crippen LogP contribution in [0.1, 0.15) is 48.3 Å². The van der Waals surface area contributed by atoms with Gasteiger partial charge in [0.25, 0.3) is 0 Å². The molecule has 1 N–H and O–H groups in total. The Balaban J connectivity index is 1.51. The lowest BCUT2D eigenvalue weighted by Gasteiger charge is -2.36. The summed E-state index contributed by atoms with van der Waals surface area (Å²) in [4.78, 5) is 27.4. The largest absolute Gasteiger partial charge is 0.493 e. The molecule has 6 nitrogen and oxygen atoms in total. The normalized spacial score (nSPS) is 18.8. The van der Waals surface area contributed by atoms with E-state index in [0.717, 1.165) is 22.4 Å². The number of ketones is 1. The molecule has 0 radical (unpaired) electrons. The smallest absolute Gasteiger partial charge is 0.336 e. The number of carbonyl (C=O) groups is 2. The lowest BCUT2D eigenvalue weighted by molar-refractivity contribution is -0.139. The molecule has 1 aliphatic heterocycles. The number of Topliss-reactive ketones (excluding diaryl/α,β-unsaturated/α-hetero) is 1. The maximum atomic E-state index is 13.8. The van der Waals surface area contributed by atoms with Gasteiger partial charge in [0, 0.05) is 35.7 Å². The highest BCUT2D eigenvalue weighted by Gasteiger charge is 2.41. The fraction of sp³-hybridized carbons (Fsp3) is 0.273. The van der Waals surface area contributed by atoms with Crippen LogP contribution in [0.15, 0.2) is 101 Å². The van der Waals surface area contributed by atoms with E-state index in [9.17, 15) is 9.59 Å². The number of dihydropyridines is 1. The second-order valence-corrected chi connectivity index (χ2v) is 9.91. The molecule has 0 bridgehead atoms. The first kappa shape index (κ1) is 26.3. The molecule has 0 fully saturated rings. The zero-order valence-corrected chi connectivity index (χ0v) is 22.5. The molecular formula is C33H33NO5. The second kappa shape index (κ2) is 11.6. The van der Waals surface area contributed by atoms with Gasteiger partial charge in [-0.05, 0) is 48.1 Å². The average Bonchev–Trinajstić information content (AvgIpc) is 2.96. The standard InChI is InChI=1S/C33H33NO5/c1-21-30(33(36)39-17-16-22-10-6-4-7-11-22)31(24-14-15-28(37-2)29(20-24)38-3)32-26(34-21)18-25(19-27(32)35)23-12-8-5-9-13-23/h4-15,20,25,31,34H,16-19H2,1-3H3/t25-,31-/m0/s1. The van der Waals surface area contributed by atoms with Crippen molar-refractivity contribution in [2.75, 3.05) is 20.8 Å². The number of carbonyl (C=O) groups excluding carboxylic acids is 2. The van der Waals surface area contributed by atoms with Crippen LogP contribution in [0.25, 0.3) is 0 Å². The summed E-state index contributed by atoms with van der Waals surface area (Å²) in [6.07, 6.45) is 1.67. The summed E-state index contributed by atoms with van der Waals surface area (Å²) < 4.78 is 16.8. The third-order valence-electron chi connectivity index (χ3n) is 7.53. The number of ether oxygens (including phenoxy) is 3. The van der Waals surface area contributed by atoms with Gasteiger partial charge in [0.1, 0.15) is 0 Å². The number of hydrogen-bond donors (Lipinski definition) is 1. The predicted octanol–water partition coefficient (Wildman–Crippen LogP) is 5.85. The number of nitrogens with one attached hydrogen (secondary N) is 1. The maximum absolute atomic E-state index is 13.8. The van der Waals surface area contributed by atoms with E-state index in [0.29, 0.717) is 47.6 Å². The van der Waals surface area contributed by atoms with E-state index in [4.69, 9.17) is 14.2 Å². The summed E-state index contributed by atoms with van der Waals surface area (Å²) in [5.41, 5.74) is 5.62. The van der Waals surface area contributed by atoms with Crippen molar-refractivity contribution in [1.82, 2.24) is 5.32 Å². The van der Waals surface area contributed by atoms with E-state index in [2.05, 4.69) is 17.4 Å². The zero-order valence-electron chi connectivity index (χ0n) is 22.5. The van der Waals surface area contributed by atoms with Gasteiger partial charge in [-0.2, -0.15) is 0 Å². The number of methoxy groups -OCH3 is 2. The highest BCUT2D eigenvalue weighted by Crippen LogP contribution is 2.47. The number of allylic oxidation sites excluding steroid dienone is 3. The van der Waals surface area contributed by atoms with Crippen molar-refractivity contribution in [2.45, 2.75) is 38.0 Å². The van der Waals surface area contributed by atoms with Gasteiger partial charge < -0.3 is 19.5 Å². The highest BCUT2D eigenvalue weighted by molar-refractivity contribution is 6.04. The molecule has 2 atom stereocenters. The summed E-state index contributed by atoms with van der Waals surface area (Å²) in [7, 11) is 3.15. The first-order chi connectivity index (χ1) is 19.0. The average molecular weight is 524 g/mol. The third kappa shape index (κ3) is 5.46. The third-order valence-corrected chi connectivity index (χ3v) is 7.53. The minimum atomic E-state index is -0.575. The van der Waals surface area contributed by atoms with Gasteiger partial charge in [-0.1, -0.05) is 66.7 Å². The van der Waals surface area contributed by atoms with Crippen LogP contribution in [0, 0.1) is 0 Å². The van der Waals surface area contributed by atoms with Gasteiger partial charge in [-0.25, -0.2) is 4.79 Å². The molecule has 5 rings (SSSR count). The topological polar surface area (TPSA) is 73.9 Å². The van der Waals surface area contributed by atoms with E-state index < -0.39 is 11.9 Å². The molecule has 0 unspecified atom stereocenters. The molecule has 6 heteroatoms. The lowest BCUT2D eigenvalue weighted by Crippen LogP contribution is -2.36. The van der Waals surface area contributed by atoms with Crippen LogP contribution in [-0.2, 0) is 20.7 Å². The molecule has 0 spiro atoms. The monoisotopic (exact) mass is 523 g/mol. The fourth-order valence-electron chi connectivity index (χ4n) is 5.62. The molecule has 0 saturated carbocycles. The summed E-state index contributed by atoms with van der Waals surface area (Å²) in [6, 6.07) is 25.6. The Labute approximate surface area is 229 Å². The number of hydrogen-bond acceptors (Lipinski definition) is 6. The Morgan fingerprint density at radius 3 is 2.26 bits per heavy atom. The number of benzene rings is 3. The van der Waals surface area contributed by atoms with Crippen LogP contribution in [0.4, 0.5) is 0 Å². The molecule has 3 aromatic carbocycles. The van der Waals surface area contributed by atoms with Crippen molar-refractivity contribution in [3.05, 3.63) is 118 Å².